The Hall–Kier alpha value is -3.95. The number of carbonyl (C=O) groups is 1. The monoisotopic (exact) mass is 435 g/mol. The van der Waals surface area contributed by atoms with Crippen molar-refractivity contribution in [1.29, 1.82) is 0 Å². The van der Waals surface area contributed by atoms with Crippen LogP contribution in [0.2, 0.25) is 0 Å². The Kier molecular flexibility index (Phi) is 4.76. The molecule has 32 heavy (non-hydrogen) atoms. The standard InChI is InChI=1S/C22H22FN7O2/c1-11-8-13-14(26-11)6-7-16(19(13)23)32-21-18(22(31)30(2)3)20(24-10-25-21)27-17-9-15(28-29-17)12-4-5-12/h6-10,12,26H,4-5H2,1-3H3,(H2,24,25,27,28,29). The average molecular weight is 435 g/mol. The molecule has 0 unspecified atom stereocenters. The molecule has 0 spiro atoms. The van der Waals surface area contributed by atoms with Crippen molar-refractivity contribution in [2.45, 2.75) is 25.7 Å². The van der Waals surface area contributed by atoms with Gasteiger partial charge in [-0.05, 0) is 38.0 Å². The largest absolute Gasteiger partial charge is 0.435 e. The molecule has 1 amide bonds. The maximum Gasteiger partial charge on any atom is 0.262 e. The Labute approximate surface area is 183 Å². The minimum Gasteiger partial charge on any atom is -0.435 e. The number of aromatic nitrogens is 5. The average Bonchev–Trinajstić information content (AvgIpc) is 3.38. The van der Waals surface area contributed by atoms with Gasteiger partial charge in [0.2, 0.25) is 5.88 Å². The molecular formula is C22H22FN7O2. The lowest BCUT2D eigenvalue weighted by molar-refractivity contribution is 0.0825. The smallest absolute Gasteiger partial charge is 0.262 e. The van der Waals surface area contributed by atoms with Gasteiger partial charge in [0, 0.05) is 48.4 Å². The summed E-state index contributed by atoms with van der Waals surface area (Å²) in [5.74, 6) is 0.237. The molecule has 9 nitrogen and oxygen atoms in total. The summed E-state index contributed by atoms with van der Waals surface area (Å²) >= 11 is 0. The van der Waals surface area contributed by atoms with E-state index in [0.717, 1.165) is 24.2 Å². The van der Waals surface area contributed by atoms with Crippen molar-refractivity contribution in [2.75, 3.05) is 19.4 Å². The minimum atomic E-state index is -0.537. The van der Waals surface area contributed by atoms with Gasteiger partial charge in [-0.15, -0.1) is 0 Å². The summed E-state index contributed by atoms with van der Waals surface area (Å²) in [4.78, 5) is 25.8. The number of rotatable bonds is 6. The highest BCUT2D eigenvalue weighted by molar-refractivity contribution is 6.01. The van der Waals surface area contributed by atoms with Gasteiger partial charge in [-0.2, -0.15) is 5.10 Å². The molecule has 164 valence electrons. The number of carbonyl (C=O) groups excluding carboxylic acids is 1. The predicted octanol–water partition coefficient (Wildman–Crippen LogP) is 4.24. The second-order valence-electron chi connectivity index (χ2n) is 8.10. The SMILES string of the molecule is Cc1cc2c(F)c(Oc3ncnc(Nc4cc(C5CC5)[nH]n4)c3C(=O)N(C)C)ccc2[nH]1. The summed E-state index contributed by atoms with van der Waals surface area (Å²) in [7, 11) is 3.22. The first-order valence-electron chi connectivity index (χ1n) is 10.3. The molecule has 1 aliphatic rings. The number of hydrogen-bond acceptors (Lipinski definition) is 6. The molecule has 0 aliphatic heterocycles. The fourth-order valence-electron chi connectivity index (χ4n) is 3.55. The number of H-pyrrole nitrogens is 2. The second-order valence-corrected chi connectivity index (χ2v) is 8.10. The number of aryl methyl sites for hydroxylation is 1. The van der Waals surface area contributed by atoms with E-state index in [1.165, 1.54) is 17.3 Å². The van der Waals surface area contributed by atoms with Crippen molar-refractivity contribution in [3.05, 3.63) is 53.4 Å². The van der Waals surface area contributed by atoms with E-state index in [1.807, 2.05) is 13.0 Å². The van der Waals surface area contributed by atoms with Crippen LogP contribution in [0.4, 0.5) is 16.0 Å². The maximum atomic E-state index is 15.1. The fraction of sp³-hybridized carbons (Fsp3) is 0.273. The van der Waals surface area contributed by atoms with Crippen molar-refractivity contribution < 1.29 is 13.9 Å². The highest BCUT2D eigenvalue weighted by atomic mass is 19.1. The van der Waals surface area contributed by atoms with E-state index in [1.54, 1.807) is 26.2 Å². The molecule has 3 N–H and O–H groups in total. The van der Waals surface area contributed by atoms with E-state index in [-0.39, 0.29) is 28.9 Å². The summed E-state index contributed by atoms with van der Waals surface area (Å²) in [5.41, 5.74) is 2.61. The first-order valence-corrected chi connectivity index (χ1v) is 10.3. The van der Waals surface area contributed by atoms with Crippen LogP contribution < -0.4 is 10.1 Å². The quantitative estimate of drug-likeness (QED) is 0.418. The summed E-state index contributed by atoms with van der Waals surface area (Å²) in [6.45, 7) is 1.85. The Morgan fingerprint density at radius 3 is 2.81 bits per heavy atom. The normalized spacial score (nSPS) is 13.4. The fourth-order valence-corrected chi connectivity index (χ4v) is 3.55. The number of hydrogen-bond donors (Lipinski definition) is 3. The van der Waals surface area contributed by atoms with E-state index in [4.69, 9.17) is 4.74 Å². The Morgan fingerprint density at radius 2 is 2.06 bits per heavy atom. The number of halogens is 1. The lowest BCUT2D eigenvalue weighted by Gasteiger charge is -2.17. The lowest BCUT2D eigenvalue weighted by atomic mass is 10.2. The third kappa shape index (κ3) is 3.64. The van der Waals surface area contributed by atoms with Crippen LogP contribution in [0.25, 0.3) is 10.9 Å². The first kappa shape index (κ1) is 20.0. The van der Waals surface area contributed by atoms with Gasteiger partial charge >= 0.3 is 0 Å². The van der Waals surface area contributed by atoms with Gasteiger partial charge in [0.1, 0.15) is 11.9 Å². The zero-order valence-electron chi connectivity index (χ0n) is 17.9. The molecule has 0 atom stereocenters. The number of aromatic amines is 2. The molecule has 1 aromatic carbocycles. The third-order valence-corrected chi connectivity index (χ3v) is 5.34. The van der Waals surface area contributed by atoms with Gasteiger partial charge in [0.05, 0.1) is 0 Å². The molecule has 3 aromatic heterocycles. The topological polar surface area (TPSA) is 112 Å². The molecule has 4 aromatic rings. The third-order valence-electron chi connectivity index (χ3n) is 5.34. The van der Waals surface area contributed by atoms with Crippen LogP contribution in [0.1, 0.15) is 40.5 Å². The number of anilines is 2. The van der Waals surface area contributed by atoms with Crippen LogP contribution in [0.15, 0.2) is 30.6 Å². The summed E-state index contributed by atoms with van der Waals surface area (Å²) in [5, 5.41) is 10.7. The maximum absolute atomic E-state index is 15.1. The van der Waals surface area contributed by atoms with Crippen molar-refractivity contribution in [2.24, 2.45) is 0 Å². The Bertz CT molecular complexity index is 1320. The van der Waals surface area contributed by atoms with Crippen molar-refractivity contribution in [1.82, 2.24) is 30.0 Å². The minimum absolute atomic E-state index is 0.0373. The second kappa shape index (κ2) is 7.63. The van der Waals surface area contributed by atoms with Gasteiger partial charge < -0.3 is 19.9 Å². The highest BCUT2D eigenvalue weighted by Crippen LogP contribution is 2.40. The van der Waals surface area contributed by atoms with E-state index in [9.17, 15) is 4.79 Å². The van der Waals surface area contributed by atoms with Crippen LogP contribution in [0.5, 0.6) is 11.6 Å². The first-order chi connectivity index (χ1) is 15.4. The van der Waals surface area contributed by atoms with Crippen molar-refractivity contribution in [3.8, 4) is 11.6 Å². The predicted molar refractivity (Wildman–Crippen MR) is 117 cm³/mol. The van der Waals surface area contributed by atoms with Crippen LogP contribution in [-0.4, -0.2) is 50.1 Å². The number of nitrogens with zero attached hydrogens (tertiary/aromatic N) is 4. The Morgan fingerprint density at radius 1 is 1.25 bits per heavy atom. The molecule has 10 heteroatoms. The number of amides is 1. The molecule has 5 rings (SSSR count). The summed E-state index contributed by atoms with van der Waals surface area (Å²) < 4.78 is 20.9. The molecular weight excluding hydrogens is 413 g/mol. The zero-order valence-corrected chi connectivity index (χ0v) is 17.9. The van der Waals surface area contributed by atoms with Gasteiger partial charge in [0.25, 0.3) is 5.91 Å². The summed E-state index contributed by atoms with van der Waals surface area (Å²) in [6, 6.07) is 6.82. The van der Waals surface area contributed by atoms with Crippen LogP contribution in [-0.2, 0) is 0 Å². The summed E-state index contributed by atoms with van der Waals surface area (Å²) in [6.07, 6.45) is 3.53. The Balaban J connectivity index is 1.53. The van der Waals surface area contributed by atoms with Gasteiger partial charge in [-0.25, -0.2) is 14.4 Å². The van der Waals surface area contributed by atoms with Crippen molar-refractivity contribution in [3.63, 3.8) is 0 Å². The molecule has 0 radical (unpaired) electrons. The van der Waals surface area contributed by atoms with E-state index < -0.39 is 5.82 Å². The number of ether oxygens (including phenoxy) is 1. The number of fused-ring (bicyclic) bond motifs is 1. The molecule has 0 bridgehead atoms. The molecule has 1 saturated carbocycles. The van der Waals surface area contributed by atoms with Gasteiger partial charge in [0.15, 0.2) is 23.2 Å². The molecule has 1 aliphatic carbocycles. The lowest BCUT2D eigenvalue weighted by Crippen LogP contribution is -2.24. The molecule has 0 saturated heterocycles. The van der Waals surface area contributed by atoms with E-state index >= 15 is 4.39 Å². The molecule has 3 heterocycles. The molecule has 1 fully saturated rings. The van der Waals surface area contributed by atoms with E-state index in [0.29, 0.717) is 22.6 Å². The highest BCUT2D eigenvalue weighted by Gasteiger charge is 2.27. The van der Waals surface area contributed by atoms with Gasteiger partial charge in [-0.3, -0.25) is 9.89 Å². The number of nitrogens with one attached hydrogen (secondary N) is 3. The van der Waals surface area contributed by atoms with Crippen LogP contribution >= 0.6 is 0 Å². The van der Waals surface area contributed by atoms with Gasteiger partial charge in [-0.1, -0.05) is 0 Å². The van der Waals surface area contributed by atoms with Crippen LogP contribution in [0.3, 0.4) is 0 Å². The zero-order chi connectivity index (χ0) is 22.4. The van der Waals surface area contributed by atoms with Crippen LogP contribution in [0, 0.1) is 12.7 Å². The van der Waals surface area contributed by atoms with Crippen molar-refractivity contribution >= 4 is 28.4 Å². The van der Waals surface area contributed by atoms with E-state index in [2.05, 4.69) is 30.5 Å². The number of benzene rings is 1.